The van der Waals surface area contributed by atoms with Crippen LogP contribution in [0.25, 0.3) is 0 Å². The van der Waals surface area contributed by atoms with Crippen LogP contribution in [-0.4, -0.2) is 9.52 Å². The Morgan fingerprint density at radius 3 is 1.95 bits per heavy atom. The molecule has 0 heterocycles. The van der Waals surface area contributed by atoms with Gasteiger partial charge in [0, 0.05) is 9.52 Å². The quantitative estimate of drug-likeness (QED) is 0.651. The van der Waals surface area contributed by atoms with E-state index >= 15 is 0 Å². The van der Waals surface area contributed by atoms with Crippen LogP contribution in [0.5, 0.6) is 0 Å². The summed E-state index contributed by atoms with van der Waals surface area (Å²) in [5.74, 6) is 0.852. The van der Waals surface area contributed by atoms with E-state index in [4.69, 9.17) is 0 Å². The molecule has 3 heteroatoms. The third-order valence-electron chi connectivity index (χ3n) is 6.32. The highest BCUT2D eigenvalue weighted by molar-refractivity contribution is 6.35. The molecule has 0 aromatic heterocycles. The summed E-state index contributed by atoms with van der Waals surface area (Å²) in [6.45, 7) is 2.46. The molecule has 0 aliphatic heterocycles. The summed E-state index contributed by atoms with van der Waals surface area (Å²) < 4.78 is 26.5. The van der Waals surface area contributed by atoms with Crippen molar-refractivity contribution in [3.05, 3.63) is 35.4 Å². The van der Waals surface area contributed by atoms with Crippen molar-refractivity contribution in [1.82, 2.24) is 0 Å². The maximum Gasteiger partial charge on any atom is 0.159 e. The Kier molecular flexibility index (Phi) is 5.32. The van der Waals surface area contributed by atoms with Crippen LogP contribution in [0.15, 0.2) is 18.2 Å². The van der Waals surface area contributed by atoms with E-state index < -0.39 is 11.6 Å². The van der Waals surface area contributed by atoms with E-state index in [0.717, 1.165) is 35.8 Å². The molecule has 1 aromatic rings. The van der Waals surface area contributed by atoms with Gasteiger partial charge < -0.3 is 0 Å². The van der Waals surface area contributed by atoms with Crippen LogP contribution in [-0.2, 0) is 0 Å². The van der Waals surface area contributed by atoms with Crippen molar-refractivity contribution < 1.29 is 8.78 Å². The first-order chi connectivity index (χ1) is 10.7. The molecule has 0 atom stereocenters. The maximum atomic E-state index is 13.4. The predicted molar refractivity (Wildman–Crippen MR) is 91.2 cm³/mol. The van der Waals surface area contributed by atoms with E-state index in [0.29, 0.717) is 5.92 Å². The molecule has 0 amide bonds. The van der Waals surface area contributed by atoms with Gasteiger partial charge >= 0.3 is 0 Å². The summed E-state index contributed by atoms with van der Waals surface area (Å²) in [6.07, 6.45) is 10.7. The lowest BCUT2D eigenvalue weighted by atomic mass is 9.70. The van der Waals surface area contributed by atoms with Crippen molar-refractivity contribution in [1.29, 1.82) is 0 Å². The third kappa shape index (κ3) is 3.61. The van der Waals surface area contributed by atoms with E-state index in [1.54, 1.807) is 6.07 Å². The van der Waals surface area contributed by atoms with E-state index in [1.807, 2.05) is 0 Å². The van der Waals surface area contributed by atoms with Crippen molar-refractivity contribution in [2.24, 2.45) is 11.8 Å². The second-order valence-electron chi connectivity index (χ2n) is 7.47. The van der Waals surface area contributed by atoms with E-state index in [9.17, 15) is 8.78 Å². The molecule has 0 saturated heterocycles. The van der Waals surface area contributed by atoms with Gasteiger partial charge in [-0.25, -0.2) is 8.78 Å². The smallest absolute Gasteiger partial charge is 0.159 e. The molecular weight excluding hydrogens is 294 g/mol. The molecule has 2 saturated carbocycles. The first-order valence-corrected chi connectivity index (χ1v) is 11.4. The Labute approximate surface area is 135 Å². The van der Waals surface area contributed by atoms with Gasteiger partial charge in [0.05, 0.1) is 0 Å². The fourth-order valence-electron chi connectivity index (χ4n) is 4.76. The van der Waals surface area contributed by atoms with Crippen molar-refractivity contribution in [3.8, 4) is 0 Å². The zero-order chi connectivity index (χ0) is 15.5. The monoisotopic (exact) mass is 322 g/mol. The third-order valence-corrected chi connectivity index (χ3v) is 8.29. The molecule has 122 valence electrons. The Bertz CT molecular complexity index is 486. The summed E-state index contributed by atoms with van der Waals surface area (Å²) >= 11 is 0. The van der Waals surface area contributed by atoms with E-state index in [2.05, 4.69) is 6.55 Å². The van der Waals surface area contributed by atoms with Crippen LogP contribution in [0.3, 0.4) is 0 Å². The lowest BCUT2D eigenvalue weighted by Gasteiger charge is -2.37. The lowest BCUT2D eigenvalue weighted by Crippen LogP contribution is -2.25. The van der Waals surface area contributed by atoms with Gasteiger partial charge in [0.25, 0.3) is 0 Å². The minimum Gasteiger partial charge on any atom is -0.204 e. The summed E-state index contributed by atoms with van der Waals surface area (Å²) in [6, 6.07) is 4.48. The Morgan fingerprint density at radius 2 is 1.41 bits per heavy atom. The minimum atomic E-state index is -0.728. The van der Waals surface area contributed by atoms with E-state index in [-0.39, 0.29) is 9.52 Å². The second-order valence-corrected chi connectivity index (χ2v) is 9.45. The Hall–Kier alpha value is -0.703. The molecule has 22 heavy (non-hydrogen) atoms. The molecule has 0 nitrogen and oxygen atoms in total. The molecule has 0 N–H and O–H groups in total. The van der Waals surface area contributed by atoms with Gasteiger partial charge in [-0.3, -0.25) is 0 Å². The van der Waals surface area contributed by atoms with E-state index in [1.165, 1.54) is 50.7 Å². The largest absolute Gasteiger partial charge is 0.204 e. The molecule has 3 rings (SSSR count). The molecule has 0 unspecified atom stereocenters. The molecular formula is C19H28F2Si. The molecule has 0 bridgehead atoms. The molecule has 2 fully saturated rings. The van der Waals surface area contributed by atoms with Gasteiger partial charge in [-0.15, -0.1) is 0 Å². The molecule has 1 aromatic carbocycles. The predicted octanol–water partition coefficient (Wildman–Crippen LogP) is 5.43. The molecule has 2 aliphatic carbocycles. The maximum absolute atomic E-state index is 13.4. The highest BCUT2D eigenvalue weighted by Crippen LogP contribution is 2.44. The van der Waals surface area contributed by atoms with Gasteiger partial charge in [-0.1, -0.05) is 43.8 Å². The standard InChI is InChI=1S/C19H28F2Si/c1-22-17-9-6-14(7-10-17)13-2-4-15(5-3-13)16-8-11-18(20)19(21)12-16/h8,11-15,17H,2-7,9-10,22H2,1H3. The van der Waals surface area contributed by atoms with Gasteiger partial charge in [0.2, 0.25) is 0 Å². The van der Waals surface area contributed by atoms with Gasteiger partial charge in [-0.2, -0.15) is 0 Å². The number of rotatable bonds is 3. The zero-order valence-electron chi connectivity index (χ0n) is 13.7. The highest BCUT2D eigenvalue weighted by Gasteiger charge is 2.31. The Morgan fingerprint density at radius 1 is 0.818 bits per heavy atom. The van der Waals surface area contributed by atoms with Crippen molar-refractivity contribution in [3.63, 3.8) is 0 Å². The summed E-state index contributed by atoms with van der Waals surface area (Å²) in [7, 11) is 0.200. The topological polar surface area (TPSA) is 0 Å². The average Bonchev–Trinajstić information content (AvgIpc) is 2.58. The van der Waals surface area contributed by atoms with Crippen molar-refractivity contribution >= 4 is 9.52 Å². The van der Waals surface area contributed by atoms with Crippen molar-refractivity contribution in [2.45, 2.75) is 69.4 Å². The minimum absolute atomic E-state index is 0.200. The first kappa shape index (κ1) is 16.2. The van der Waals surface area contributed by atoms with Crippen LogP contribution in [0.2, 0.25) is 12.1 Å². The summed E-state index contributed by atoms with van der Waals surface area (Å²) in [4.78, 5) is 0. The van der Waals surface area contributed by atoms with Crippen molar-refractivity contribution in [2.75, 3.05) is 0 Å². The second kappa shape index (κ2) is 7.25. The number of hydrogen-bond acceptors (Lipinski definition) is 0. The number of benzene rings is 1. The Balaban J connectivity index is 1.53. The zero-order valence-corrected chi connectivity index (χ0v) is 15.1. The van der Waals surface area contributed by atoms with Crippen LogP contribution in [0, 0.1) is 23.5 Å². The molecule has 0 spiro atoms. The average molecular weight is 323 g/mol. The number of hydrogen-bond donors (Lipinski definition) is 0. The first-order valence-electron chi connectivity index (χ1n) is 9.12. The lowest BCUT2D eigenvalue weighted by molar-refractivity contribution is 0.186. The number of halogens is 2. The van der Waals surface area contributed by atoms with Crippen LogP contribution in [0.1, 0.15) is 62.8 Å². The molecule has 2 aliphatic rings. The van der Waals surface area contributed by atoms with Gasteiger partial charge in [0.1, 0.15) is 0 Å². The van der Waals surface area contributed by atoms with Gasteiger partial charge in [0.15, 0.2) is 11.6 Å². The van der Waals surface area contributed by atoms with Crippen LogP contribution >= 0.6 is 0 Å². The molecule has 0 radical (unpaired) electrons. The van der Waals surface area contributed by atoms with Crippen LogP contribution < -0.4 is 0 Å². The normalized spacial score (nSPS) is 33.4. The fourth-order valence-corrected chi connectivity index (χ4v) is 6.05. The van der Waals surface area contributed by atoms with Crippen LogP contribution in [0.4, 0.5) is 8.78 Å². The summed E-state index contributed by atoms with van der Waals surface area (Å²) in [5, 5.41) is 0. The summed E-state index contributed by atoms with van der Waals surface area (Å²) in [5.41, 5.74) is 2.10. The highest BCUT2D eigenvalue weighted by atomic mass is 28.2. The van der Waals surface area contributed by atoms with Gasteiger partial charge in [-0.05, 0) is 61.1 Å². The SMILES string of the molecule is C[SiH2]C1CCC(C2CCC(c3ccc(F)c(F)c3)CC2)CC1. The fraction of sp³-hybridized carbons (Fsp3) is 0.684.